The minimum atomic E-state index is -0.994. The van der Waals surface area contributed by atoms with Gasteiger partial charge in [0.25, 0.3) is 0 Å². The molecule has 0 fully saturated rings. The number of aryl methyl sites for hydroxylation is 2. The number of hydrogen-bond donors (Lipinski definition) is 2. The van der Waals surface area contributed by atoms with Crippen molar-refractivity contribution in [3.05, 3.63) is 17.6 Å². The lowest BCUT2D eigenvalue weighted by Crippen LogP contribution is -2.43. The Labute approximate surface area is 101 Å². The van der Waals surface area contributed by atoms with Crippen molar-refractivity contribution in [3.8, 4) is 0 Å². The van der Waals surface area contributed by atoms with E-state index >= 15 is 0 Å². The number of nitrogens with zero attached hydrogens (tertiary/aromatic N) is 2. The molecule has 5 heteroatoms. The Bertz CT molecular complexity index is 420. The zero-order chi connectivity index (χ0) is 13.1. The van der Waals surface area contributed by atoms with Crippen LogP contribution in [0.3, 0.4) is 0 Å². The Kier molecular flexibility index (Phi) is 4.04. The summed E-state index contributed by atoms with van der Waals surface area (Å²) in [7, 11) is 0. The molecule has 1 aromatic heterocycles. The third-order valence-electron chi connectivity index (χ3n) is 2.84. The summed E-state index contributed by atoms with van der Waals surface area (Å²) < 4.78 is 0. The minimum absolute atomic E-state index is 0.479. The number of carboxylic acid groups (broad SMARTS) is 1. The molecule has 0 aliphatic heterocycles. The predicted octanol–water partition coefficient (Wildman–Crippen LogP) is 2.01. The summed E-state index contributed by atoms with van der Waals surface area (Å²) in [6.45, 7) is 7.28. The number of aliphatic carboxylic acids is 1. The first-order valence-corrected chi connectivity index (χ1v) is 5.77. The first-order chi connectivity index (χ1) is 7.91. The largest absolute Gasteiger partial charge is 0.480 e. The Morgan fingerprint density at radius 1 is 1.47 bits per heavy atom. The Morgan fingerprint density at radius 2 is 2.12 bits per heavy atom. The van der Waals surface area contributed by atoms with Gasteiger partial charge in [0.15, 0.2) is 0 Å². The number of nitrogens with one attached hydrogen (secondary N) is 1. The molecule has 0 saturated heterocycles. The average molecular weight is 237 g/mol. The van der Waals surface area contributed by atoms with Crippen LogP contribution < -0.4 is 5.32 Å². The van der Waals surface area contributed by atoms with Crippen LogP contribution in [0.25, 0.3) is 0 Å². The zero-order valence-electron chi connectivity index (χ0n) is 10.7. The van der Waals surface area contributed by atoms with Crippen LogP contribution in [0.4, 0.5) is 5.82 Å². The van der Waals surface area contributed by atoms with Crippen LogP contribution in [0.2, 0.25) is 0 Å². The van der Waals surface area contributed by atoms with E-state index in [2.05, 4.69) is 15.3 Å². The average Bonchev–Trinajstić information content (AvgIpc) is 2.27. The van der Waals surface area contributed by atoms with E-state index in [1.807, 2.05) is 13.8 Å². The lowest BCUT2D eigenvalue weighted by molar-refractivity contribution is -0.141. The van der Waals surface area contributed by atoms with E-state index in [0.29, 0.717) is 18.1 Å². The number of aromatic nitrogens is 2. The molecular weight excluding hydrogens is 218 g/mol. The van der Waals surface area contributed by atoms with Gasteiger partial charge in [0.2, 0.25) is 0 Å². The molecule has 1 atom stereocenters. The second-order valence-corrected chi connectivity index (χ2v) is 4.26. The molecule has 94 valence electrons. The molecule has 0 aliphatic carbocycles. The molecule has 0 saturated carbocycles. The van der Waals surface area contributed by atoms with E-state index in [4.69, 9.17) is 0 Å². The summed E-state index contributed by atoms with van der Waals surface area (Å²) in [4.78, 5) is 19.7. The first kappa shape index (κ1) is 13.4. The van der Waals surface area contributed by atoms with Gasteiger partial charge >= 0.3 is 5.97 Å². The van der Waals surface area contributed by atoms with E-state index in [-0.39, 0.29) is 0 Å². The molecule has 0 spiro atoms. The van der Waals surface area contributed by atoms with E-state index in [1.54, 1.807) is 19.9 Å². The van der Waals surface area contributed by atoms with Gasteiger partial charge in [0, 0.05) is 11.8 Å². The highest BCUT2D eigenvalue weighted by Gasteiger charge is 2.31. The van der Waals surface area contributed by atoms with Gasteiger partial charge < -0.3 is 10.4 Å². The molecule has 0 amide bonds. The summed E-state index contributed by atoms with van der Waals surface area (Å²) in [5.74, 6) is 0.339. The summed E-state index contributed by atoms with van der Waals surface area (Å²) in [6.07, 6.45) is 1.28. The van der Waals surface area contributed by atoms with Crippen molar-refractivity contribution in [2.75, 3.05) is 5.32 Å². The smallest absolute Gasteiger partial charge is 0.329 e. The number of carboxylic acids is 1. The maximum Gasteiger partial charge on any atom is 0.329 e. The summed E-state index contributed by atoms with van der Waals surface area (Å²) in [5.41, 5.74) is -0.0879. The van der Waals surface area contributed by atoms with Crippen molar-refractivity contribution < 1.29 is 9.90 Å². The van der Waals surface area contributed by atoms with Crippen LogP contribution in [-0.4, -0.2) is 26.6 Å². The molecule has 17 heavy (non-hydrogen) atoms. The van der Waals surface area contributed by atoms with Gasteiger partial charge in [-0.3, -0.25) is 0 Å². The van der Waals surface area contributed by atoms with E-state index in [0.717, 1.165) is 12.1 Å². The van der Waals surface area contributed by atoms with Gasteiger partial charge in [-0.1, -0.05) is 13.8 Å². The highest BCUT2D eigenvalue weighted by Crippen LogP contribution is 2.18. The van der Waals surface area contributed by atoms with Crippen molar-refractivity contribution in [3.63, 3.8) is 0 Å². The molecule has 1 unspecified atom stereocenters. The van der Waals surface area contributed by atoms with Crippen molar-refractivity contribution in [1.82, 2.24) is 9.97 Å². The fraction of sp³-hybridized carbons (Fsp3) is 0.583. The highest BCUT2D eigenvalue weighted by molar-refractivity contribution is 5.81. The molecule has 0 bridgehead atoms. The number of rotatable bonds is 5. The standard InChI is InChI=1S/C12H19N3O2/c1-5-9-7-10(14-8(3)13-9)15-12(4,6-2)11(16)17/h7H,5-6H2,1-4H3,(H,16,17)(H,13,14,15). The van der Waals surface area contributed by atoms with Crippen molar-refractivity contribution in [2.24, 2.45) is 0 Å². The zero-order valence-corrected chi connectivity index (χ0v) is 10.7. The predicted molar refractivity (Wildman–Crippen MR) is 66.1 cm³/mol. The monoisotopic (exact) mass is 237 g/mol. The third kappa shape index (κ3) is 3.15. The quantitative estimate of drug-likeness (QED) is 0.819. The van der Waals surface area contributed by atoms with Crippen LogP contribution in [0.1, 0.15) is 38.7 Å². The maximum absolute atomic E-state index is 11.2. The fourth-order valence-electron chi connectivity index (χ4n) is 1.45. The van der Waals surface area contributed by atoms with Gasteiger partial charge in [0.1, 0.15) is 17.2 Å². The summed E-state index contributed by atoms with van der Waals surface area (Å²) >= 11 is 0. The summed E-state index contributed by atoms with van der Waals surface area (Å²) in [6, 6.07) is 1.80. The van der Waals surface area contributed by atoms with Crippen molar-refractivity contribution in [2.45, 2.75) is 46.1 Å². The van der Waals surface area contributed by atoms with Gasteiger partial charge in [-0.05, 0) is 26.7 Å². The number of anilines is 1. The molecule has 0 aromatic carbocycles. The SMILES string of the molecule is CCc1cc(NC(C)(CC)C(=O)O)nc(C)n1. The molecule has 1 rings (SSSR count). The maximum atomic E-state index is 11.2. The van der Waals surface area contributed by atoms with Crippen LogP contribution in [0.15, 0.2) is 6.07 Å². The molecule has 0 aliphatic rings. The van der Waals surface area contributed by atoms with E-state index in [1.165, 1.54) is 0 Å². The lowest BCUT2D eigenvalue weighted by Gasteiger charge is -2.25. The van der Waals surface area contributed by atoms with Gasteiger partial charge in [-0.25, -0.2) is 14.8 Å². The molecule has 1 aromatic rings. The van der Waals surface area contributed by atoms with E-state index < -0.39 is 11.5 Å². The lowest BCUT2D eigenvalue weighted by atomic mass is 9.99. The normalized spacial score (nSPS) is 14.1. The van der Waals surface area contributed by atoms with Crippen LogP contribution >= 0.6 is 0 Å². The summed E-state index contributed by atoms with van der Waals surface area (Å²) in [5, 5.41) is 12.2. The van der Waals surface area contributed by atoms with Gasteiger partial charge in [-0.2, -0.15) is 0 Å². The first-order valence-electron chi connectivity index (χ1n) is 5.77. The Morgan fingerprint density at radius 3 is 2.59 bits per heavy atom. The Balaban J connectivity index is 3.01. The second kappa shape index (κ2) is 5.12. The molecule has 0 radical (unpaired) electrons. The molecule has 5 nitrogen and oxygen atoms in total. The van der Waals surface area contributed by atoms with Gasteiger partial charge in [-0.15, -0.1) is 0 Å². The number of hydrogen-bond acceptors (Lipinski definition) is 4. The van der Waals surface area contributed by atoms with E-state index in [9.17, 15) is 9.90 Å². The Hall–Kier alpha value is -1.65. The third-order valence-corrected chi connectivity index (χ3v) is 2.84. The fourth-order valence-corrected chi connectivity index (χ4v) is 1.45. The minimum Gasteiger partial charge on any atom is -0.480 e. The topological polar surface area (TPSA) is 75.1 Å². The van der Waals surface area contributed by atoms with Crippen LogP contribution in [-0.2, 0) is 11.2 Å². The molecular formula is C12H19N3O2. The second-order valence-electron chi connectivity index (χ2n) is 4.26. The molecule has 1 heterocycles. The van der Waals surface area contributed by atoms with Crippen LogP contribution in [0, 0.1) is 6.92 Å². The van der Waals surface area contributed by atoms with Crippen molar-refractivity contribution >= 4 is 11.8 Å². The van der Waals surface area contributed by atoms with Crippen molar-refractivity contribution in [1.29, 1.82) is 0 Å². The van der Waals surface area contributed by atoms with Crippen LogP contribution in [0.5, 0.6) is 0 Å². The van der Waals surface area contributed by atoms with Gasteiger partial charge in [0.05, 0.1) is 0 Å². The highest BCUT2D eigenvalue weighted by atomic mass is 16.4. The molecule has 2 N–H and O–H groups in total. The number of carbonyl (C=O) groups is 1.